The van der Waals surface area contributed by atoms with Crippen LogP contribution in [0.3, 0.4) is 0 Å². The summed E-state index contributed by atoms with van der Waals surface area (Å²) in [6.45, 7) is 0.571. The first-order chi connectivity index (χ1) is 7.05. The fourth-order valence-electron chi connectivity index (χ4n) is 1.57. The molecule has 86 valence electrons. The van der Waals surface area contributed by atoms with Crippen LogP contribution in [0.4, 0.5) is 0 Å². The van der Waals surface area contributed by atoms with Crippen LogP contribution in [0.5, 0.6) is 0 Å². The zero-order chi connectivity index (χ0) is 11.1. The molecule has 0 aromatic rings. The highest BCUT2D eigenvalue weighted by atomic mass is 32.2. The molecule has 7 heteroatoms. The number of rotatable bonds is 4. The number of carbonyl (C=O) groups is 1. The lowest BCUT2D eigenvalue weighted by molar-refractivity contribution is -0.138. The quantitative estimate of drug-likeness (QED) is 0.639. The van der Waals surface area contributed by atoms with E-state index in [2.05, 4.69) is 10.3 Å². The Morgan fingerprint density at radius 1 is 1.40 bits per heavy atom. The second-order valence-electron chi connectivity index (χ2n) is 3.93. The van der Waals surface area contributed by atoms with Crippen molar-refractivity contribution in [3.05, 3.63) is 0 Å². The molecule has 1 aliphatic carbocycles. The van der Waals surface area contributed by atoms with Crippen molar-refractivity contribution in [3.8, 4) is 0 Å². The molecule has 0 aromatic carbocycles. The fraction of sp³-hybridized carbons (Fsp3) is 0.875. The molecule has 0 bridgehead atoms. The number of hydroxylamine groups is 1. The third kappa shape index (κ3) is 1.99. The molecule has 1 aliphatic heterocycles. The Balaban J connectivity index is 1.85. The molecule has 6 nitrogen and oxygen atoms in total. The van der Waals surface area contributed by atoms with Gasteiger partial charge in [-0.05, 0) is 12.8 Å². The highest BCUT2D eigenvalue weighted by molar-refractivity contribution is 7.90. The first kappa shape index (κ1) is 10.8. The molecular formula is C8H14N2O4S. The molecule has 0 radical (unpaired) electrons. The van der Waals surface area contributed by atoms with Gasteiger partial charge in [-0.25, -0.2) is 13.9 Å². The number of carbonyl (C=O) groups excluding carboxylic acids is 1. The molecule has 15 heavy (non-hydrogen) atoms. The Hall–Kier alpha value is -0.660. The van der Waals surface area contributed by atoms with Crippen LogP contribution in [0.25, 0.3) is 0 Å². The van der Waals surface area contributed by atoms with Gasteiger partial charge in [0, 0.05) is 13.1 Å². The van der Waals surface area contributed by atoms with Crippen molar-refractivity contribution in [1.82, 2.24) is 9.79 Å². The van der Waals surface area contributed by atoms with Gasteiger partial charge in [0.25, 0.3) is 0 Å². The van der Waals surface area contributed by atoms with Gasteiger partial charge >= 0.3 is 0 Å². The van der Waals surface area contributed by atoms with Crippen LogP contribution < -0.4 is 5.48 Å². The standard InChI is InChI=1S/C8H14N2O4S/c1-14-9-8(11)6-4-10(5-6)15(12,13)7-2-3-7/h6-7H,2-5H2,1H3,(H,9,11). The van der Waals surface area contributed by atoms with Crippen molar-refractivity contribution < 1.29 is 18.0 Å². The summed E-state index contributed by atoms with van der Waals surface area (Å²) >= 11 is 0. The van der Waals surface area contributed by atoms with Gasteiger partial charge < -0.3 is 0 Å². The lowest BCUT2D eigenvalue weighted by Crippen LogP contribution is -2.56. The van der Waals surface area contributed by atoms with Gasteiger partial charge in [-0.15, -0.1) is 0 Å². The SMILES string of the molecule is CONC(=O)C1CN(S(=O)(=O)C2CC2)C1. The van der Waals surface area contributed by atoms with Crippen LogP contribution in [0, 0.1) is 5.92 Å². The molecule has 0 spiro atoms. The summed E-state index contributed by atoms with van der Waals surface area (Å²) < 4.78 is 24.7. The van der Waals surface area contributed by atoms with Gasteiger partial charge in [0.15, 0.2) is 0 Å². The molecule has 0 unspecified atom stereocenters. The average molecular weight is 234 g/mol. The first-order valence-corrected chi connectivity index (χ1v) is 6.38. The summed E-state index contributed by atoms with van der Waals surface area (Å²) in [6.07, 6.45) is 1.52. The second-order valence-corrected chi connectivity index (χ2v) is 6.14. The second kappa shape index (κ2) is 3.73. The van der Waals surface area contributed by atoms with E-state index in [1.54, 1.807) is 0 Å². The van der Waals surface area contributed by atoms with Crippen LogP contribution in [-0.4, -0.2) is 44.1 Å². The van der Waals surface area contributed by atoms with Gasteiger partial charge in [0.1, 0.15) is 0 Å². The van der Waals surface area contributed by atoms with Gasteiger partial charge in [0.05, 0.1) is 18.3 Å². The van der Waals surface area contributed by atoms with Gasteiger partial charge in [0.2, 0.25) is 15.9 Å². The maximum atomic E-state index is 11.7. The number of hydrogen-bond acceptors (Lipinski definition) is 4. The number of hydrogen-bond donors (Lipinski definition) is 1. The van der Waals surface area contributed by atoms with E-state index in [9.17, 15) is 13.2 Å². The zero-order valence-electron chi connectivity index (χ0n) is 8.47. The summed E-state index contributed by atoms with van der Waals surface area (Å²) in [5.74, 6) is -0.516. The minimum absolute atomic E-state index is 0.191. The summed E-state index contributed by atoms with van der Waals surface area (Å²) in [5, 5.41) is -0.191. The molecule has 2 fully saturated rings. The summed E-state index contributed by atoms with van der Waals surface area (Å²) in [4.78, 5) is 15.7. The summed E-state index contributed by atoms with van der Waals surface area (Å²) in [5.41, 5.74) is 2.20. The predicted octanol–water partition coefficient (Wildman–Crippen LogP) is -0.912. The largest absolute Gasteiger partial charge is 0.277 e. The maximum Gasteiger partial charge on any atom is 0.249 e. The fourth-order valence-corrected chi connectivity index (χ4v) is 3.50. The normalized spacial score (nSPS) is 23.5. The monoisotopic (exact) mass is 234 g/mol. The molecule has 1 amide bonds. The highest BCUT2D eigenvalue weighted by Crippen LogP contribution is 2.34. The van der Waals surface area contributed by atoms with E-state index in [0.717, 1.165) is 12.8 Å². The summed E-state index contributed by atoms with van der Waals surface area (Å²) in [6, 6.07) is 0. The van der Waals surface area contributed by atoms with Crippen molar-refractivity contribution in [2.24, 2.45) is 5.92 Å². The topological polar surface area (TPSA) is 75.7 Å². The summed E-state index contributed by atoms with van der Waals surface area (Å²) in [7, 11) is -1.74. The number of amides is 1. The zero-order valence-corrected chi connectivity index (χ0v) is 9.29. The third-order valence-corrected chi connectivity index (χ3v) is 5.06. The molecule has 0 atom stereocenters. The Morgan fingerprint density at radius 3 is 2.47 bits per heavy atom. The molecule has 1 saturated carbocycles. The minimum Gasteiger partial charge on any atom is -0.277 e. The molecular weight excluding hydrogens is 220 g/mol. The van der Waals surface area contributed by atoms with Crippen LogP contribution in [-0.2, 0) is 19.7 Å². The Kier molecular flexibility index (Phi) is 2.70. The molecule has 0 aromatic heterocycles. The lowest BCUT2D eigenvalue weighted by atomic mass is 10.0. The average Bonchev–Trinajstić information content (AvgIpc) is 2.81. The Labute approximate surface area is 88.6 Å². The third-order valence-electron chi connectivity index (χ3n) is 2.73. The van der Waals surface area contributed by atoms with Crippen LogP contribution in [0.1, 0.15) is 12.8 Å². The van der Waals surface area contributed by atoms with E-state index in [0.29, 0.717) is 0 Å². The molecule has 1 N–H and O–H groups in total. The molecule has 1 saturated heterocycles. The van der Waals surface area contributed by atoms with E-state index in [4.69, 9.17) is 0 Å². The minimum atomic E-state index is -3.10. The smallest absolute Gasteiger partial charge is 0.249 e. The number of nitrogens with zero attached hydrogens (tertiary/aromatic N) is 1. The molecule has 2 rings (SSSR count). The predicted molar refractivity (Wildman–Crippen MR) is 52.2 cm³/mol. The van der Waals surface area contributed by atoms with Crippen molar-refractivity contribution in [1.29, 1.82) is 0 Å². The Morgan fingerprint density at radius 2 is 2.00 bits per heavy atom. The van der Waals surface area contributed by atoms with E-state index < -0.39 is 10.0 Å². The van der Waals surface area contributed by atoms with Crippen molar-refractivity contribution >= 4 is 15.9 Å². The molecule has 1 heterocycles. The van der Waals surface area contributed by atoms with Gasteiger partial charge in [-0.2, -0.15) is 4.31 Å². The van der Waals surface area contributed by atoms with Crippen LogP contribution in [0.15, 0.2) is 0 Å². The highest BCUT2D eigenvalue weighted by Gasteiger charge is 2.46. The van der Waals surface area contributed by atoms with E-state index >= 15 is 0 Å². The number of sulfonamides is 1. The van der Waals surface area contributed by atoms with Crippen molar-refractivity contribution in [3.63, 3.8) is 0 Å². The van der Waals surface area contributed by atoms with Gasteiger partial charge in [-0.1, -0.05) is 0 Å². The van der Waals surface area contributed by atoms with E-state index in [1.807, 2.05) is 0 Å². The Bertz CT molecular complexity index is 357. The molecule has 2 aliphatic rings. The van der Waals surface area contributed by atoms with Gasteiger partial charge in [-0.3, -0.25) is 9.63 Å². The maximum absolute atomic E-state index is 11.7. The number of nitrogens with one attached hydrogen (secondary N) is 1. The lowest BCUT2D eigenvalue weighted by Gasteiger charge is -2.36. The van der Waals surface area contributed by atoms with Crippen molar-refractivity contribution in [2.45, 2.75) is 18.1 Å². The van der Waals surface area contributed by atoms with E-state index in [-0.39, 0.29) is 30.2 Å². The van der Waals surface area contributed by atoms with Crippen LogP contribution in [0.2, 0.25) is 0 Å². The first-order valence-electron chi connectivity index (χ1n) is 4.87. The van der Waals surface area contributed by atoms with Crippen LogP contribution >= 0.6 is 0 Å². The van der Waals surface area contributed by atoms with Crippen molar-refractivity contribution in [2.75, 3.05) is 20.2 Å². The van der Waals surface area contributed by atoms with E-state index in [1.165, 1.54) is 11.4 Å².